The van der Waals surface area contributed by atoms with Crippen LogP contribution in [-0.2, 0) is 0 Å². The Kier molecular flexibility index (Phi) is 4.83. The zero-order chi connectivity index (χ0) is 19.8. The summed E-state index contributed by atoms with van der Waals surface area (Å²) < 4.78 is 5.24. The summed E-state index contributed by atoms with van der Waals surface area (Å²) >= 11 is 0. The van der Waals surface area contributed by atoms with E-state index in [0.29, 0.717) is 31.5 Å². The van der Waals surface area contributed by atoms with Crippen molar-refractivity contribution in [2.75, 3.05) is 13.1 Å². The molecule has 0 radical (unpaired) electrons. The largest absolute Gasteiger partial charge is 0.465 e. The van der Waals surface area contributed by atoms with Crippen LogP contribution in [-0.4, -0.2) is 57.2 Å². The van der Waals surface area contributed by atoms with E-state index in [1.165, 1.54) is 4.90 Å². The van der Waals surface area contributed by atoms with Gasteiger partial charge in [-0.1, -0.05) is 17.3 Å². The molecule has 2 aliphatic rings. The van der Waals surface area contributed by atoms with Crippen LogP contribution < -0.4 is 0 Å². The van der Waals surface area contributed by atoms with Crippen molar-refractivity contribution in [2.45, 2.75) is 51.6 Å². The van der Waals surface area contributed by atoms with Gasteiger partial charge in [0.15, 0.2) is 0 Å². The zero-order valence-corrected chi connectivity index (χ0v) is 16.2. The Balaban J connectivity index is 1.51. The first kappa shape index (κ1) is 18.5. The minimum atomic E-state index is -0.877. The minimum absolute atomic E-state index is 0.0431. The second kappa shape index (κ2) is 7.30. The quantitative estimate of drug-likeness (QED) is 0.870. The highest BCUT2D eigenvalue weighted by molar-refractivity contribution is 5.95. The summed E-state index contributed by atoms with van der Waals surface area (Å²) in [4.78, 5) is 27.8. The number of hydrogen-bond donors (Lipinski definition) is 1. The van der Waals surface area contributed by atoms with Gasteiger partial charge in [0.1, 0.15) is 5.76 Å². The van der Waals surface area contributed by atoms with Gasteiger partial charge in [-0.05, 0) is 57.2 Å². The molecule has 1 aromatic heterocycles. The number of hydrogen-bond acceptors (Lipinski definition) is 4. The van der Waals surface area contributed by atoms with Crippen LogP contribution in [0.2, 0.25) is 0 Å². The number of amides is 2. The number of benzene rings is 1. The molecule has 1 aliphatic heterocycles. The highest BCUT2D eigenvalue weighted by Crippen LogP contribution is 2.34. The van der Waals surface area contributed by atoms with Crippen LogP contribution >= 0.6 is 0 Å². The maximum Gasteiger partial charge on any atom is 0.407 e. The molecule has 1 aliphatic carbocycles. The number of rotatable bonds is 4. The summed E-state index contributed by atoms with van der Waals surface area (Å²) in [6, 6.07) is 8.01. The molecule has 2 fully saturated rings. The van der Waals surface area contributed by atoms with Crippen molar-refractivity contribution < 1.29 is 19.2 Å². The van der Waals surface area contributed by atoms with Crippen molar-refractivity contribution in [3.63, 3.8) is 0 Å². The van der Waals surface area contributed by atoms with Gasteiger partial charge in [-0.25, -0.2) is 4.79 Å². The molecule has 0 bridgehead atoms. The molecule has 4 rings (SSSR count). The van der Waals surface area contributed by atoms with E-state index in [1.54, 1.807) is 0 Å². The number of carbonyl (C=O) groups excluding carboxylic acids is 1. The molecule has 1 saturated carbocycles. The Morgan fingerprint density at radius 3 is 2.18 bits per heavy atom. The summed E-state index contributed by atoms with van der Waals surface area (Å²) in [7, 11) is 0. The smallest absolute Gasteiger partial charge is 0.407 e. The first-order valence-electron chi connectivity index (χ1n) is 9.79. The minimum Gasteiger partial charge on any atom is -0.465 e. The van der Waals surface area contributed by atoms with Gasteiger partial charge in [0.2, 0.25) is 0 Å². The van der Waals surface area contributed by atoms with E-state index in [2.05, 4.69) is 5.16 Å². The van der Waals surface area contributed by atoms with Crippen molar-refractivity contribution in [2.24, 2.45) is 0 Å². The van der Waals surface area contributed by atoms with Crippen LogP contribution in [0.5, 0.6) is 0 Å². The Hall–Kier alpha value is -2.83. The third-order valence-electron chi connectivity index (χ3n) is 5.76. The van der Waals surface area contributed by atoms with Crippen molar-refractivity contribution in [1.82, 2.24) is 15.0 Å². The lowest BCUT2D eigenvalue weighted by atomic mass is 10.00. The summed E-state index contributed by atoms with van der Waals surface area (Å²) in [5.41, 5.74) is 3.46. The molecule has 2 amide bonds. The SMILES string of the molecule is Cc1noc(C)c1-c1ccc(C(=O)N(C2CC2)C2CCN(C(=O)O)CC2)cc1. The average molecular weight is 383 g/mol. The monoisotopic (exact) mass is 383 g/mol. The summed E-state index contributed by atoms with van der Waals surface area (Å²) in [5.74, 6) is 0.808. The molecular weight excluding hydrogens is 358 g/mol. The number of carbonyl (C=O) groups is 2. The van der Waals surface area contributed by atoms with Crippen LogP contribution in [0.3, 0.4) is 0 Å². The fraction of sp³-hybridized carbons (Fsp3) is 0.476. The molecule has 148 valence electrons. The number of aryl methyl sites for hydroxylation is 2. The molecule has 2 aromatic rings. The van der Waals surface area contributed by atoms with Crippen LogP contribution in [0, 0.1) is 13.8 Å². The van der Waals surface area contributed by atoms with Gasteiger partial charge < -0.3 is 19.4 Å². The van der Waals surface area contributed by atoms with E-state index in [0.717, 1.165) is 35.4 Å². The predicted octanol–water partition coefficient (Wildman–Crippen LogP) is 3.71. The van der Waals surface area contributed by atoms with Gasteiger partial charge in [-0.15, -0.1) is 0 Å². The summed E-state index contributed by atoms with van der Waals surface area (Å²) in [6.45, 7) is 4.76. The predicted molar refractivity (Wildman–Crippen MR) is 103 cm³/mol. The highest BCUT2D eigenvalue weighted by Gasteiger charge is 2.39. The van der Waals surface area contributed by atoms with Gasteiger partial charge in [-0.3, -0.25) is 4.79 Å². The lowest BCUT2D eigenvalue weighted by molar-refractivity contribution is 0.0551. The standard InChI is InChI=1S/C21H25N3O4/c1-13-19(14(2)28-22-13)15-3-5-16(6-4-15)20(25)24(17-7-8-17)18-9-11-23(12-10-18)21(26)27/h3-6,17-18H,7-12H2,1-2H3,(H,26,27). The molecule has 7 nitrogen and oxygen atoms in total. The first-order valence-corrected chi connectivity index (χ1v) is 9.79. The van der Waals surface area contributed by atoms with E-state index < -0.39 is 6.09 Å². The van der Waals surface area contributed by atoms with Gasteiger partial charge >= 0.3 is 6.09 Å². The summed E-state index contributed by atoms with van der Waals surface area (Å²) in [5, 5.41) is 13.1. The van der Waals surface area contributed by atoms with E-state index >= 15 is 0 Å². The molecule has 1 N–H and O–H groups in total. The maximum absolute atomic E-state index is 13.2. The van der Waals surface area contributed by atoms with Crippen molar-refractivity contribution in [3.8, 4) is 11.1 Å². The molecule has 7 heteroatoms. The molecule has 1 saturated heterocycles. The normalized spacial score (nSPS) is 17.6. The van der Waals surface area contributed by atoms with Crippen molar-refractivity contribution >= 4 is 12.0 Å². The first-order chi connectivity index (χ1) is 13.5. The number of carboxylic acid groups (broad SMARTS) is 1. The Bertz CT molecular complexity index is 858. The van der Waals surface area contributed by atoms with E-state index in [4.69, 9.17) is 9.63 Å². The Morgan fingerprint density at radius 2 is 1.68 bits per heavy atom. The van der Waals surface area contributed by atoms with E-state index in [1.807, 2.05) is 43.0 Å². The molecule has 0 spiro atoms. The van der Waals surface area contributed by atoms with Gasteiger partial charge in [-0.2, -0.15) is 0 Å². The highest BCUT2D eigenvalue weighted by atomic mass is 16.5. The molecule has 28 heavy (non-hydrogen) atoms. The molecule has 0 unspecified atom stereocenters. The number of piperidine rings is 1. The number of aromatic nitrogens is 1. The fourth-order valence-corrected chi connectivity index (χ4v) is 4.14. The lowest BCUT2D eigenvalue weighted by Crippen LogP contribution is -2.49. The average Bonchev–Trinajstić information content (AvgIpc) is 3.47. The maximum atomic E-state index is 13.2. The van der Waals surface area contributed by atoms with Gasteiger partial charge in [0.25, 0.3) is 5.91 Å². The van der Waals surface area contributed by atoms with Crippen molar-refractivity contribution in [3.05, 3.63) is 41.3 Å². The second-order valence-corrected chi connectivity index (χ2v) is 7.72. The van der Waals surface area contributed by atoms with Crippen LogP contribution in [0.25, 0.3) is 11.1 Å². The summed E-state index contributed by atoms with van der Waals surface area (Å²) in [6.07, 6.45) is 2.58. The van der Waals surface area contributed by atoms with Gasteiger partial charge in [0, 0.05) is 36.3 Å². The third kappa shape index (κ3) is 3.48. The van der Waals surface area contributed by atoms with Crippen LogP contribution in [0.15, 0.2) is 28.8 Å². The third-order valence-corrected chi connectivity index (χ3v) is 5.76. The van der Waals surface area contributed by atoms with Crippen LogP contribution in [0.4, 0.5) is 4.79 Å². The number of likely N-dealkylation sites (tertiary alicyclic amines) is 1. The zero-order valence-electron chi connectivity index (χ0n) is 16.2. The molecule has 0 atom stereocenters. The Labute approximate surface area is 163 Å². The van der Waals surface area contributed by atoms with E-state index in [-0.39, 0.29) is 18.0 Å². The fourth-order valence-electron chi connectivity index (χ4n) is 4.14. The molecule has 2 heterocycles. The van der Waals surface area contributed by atoms with Gasteiger partial charge in [0.05, 0.1) is 5.69 Å². The number of nitrogens with zero attached hydrogens (tertiary/aromatic N) is 3. The molecular formula is C21H25N3O4. The second-order valence-electron chi connectivity index (χ2n) is 7.72. The topological polar surface area (TPSA) is 86.9 Å². The lowest BCUT2D eigenvalue weighted by Gasteiger charge is -2.38. The Morgan fingerprint density at radius 1 is 1.07 bits per heavy atom. The van der Waals surface area contributed by atoms with Crippen molar-refractivity contribution in [1.29, 1.82) is 0 Å². The van der Waals surface area contributed by atoms with E-state index in [9.17, 15) is 9.59 Å². The molecule has 1 aromatic carbocycles. The van der Waals surface area contributed by atoms with Crippen LogP contribution in [0.1, 0.15) is 47.5 Å².